The first kappa shape index (κ1) is 13.0. The first-order valence-corrected chi connectivity index (χ1v) is 6.42. The van der Waals surface area contributed by atoms with E-state index in [1.807, 2.05) is 6.07 Å². The van der Waals surface area contributed by atoms with Gasteiger partial charge in [0.05, 0.1) is 6.26 Å². The van der Waals surface area contributed by atoms with Crippen molar-refractivity contribution in [3.05, 3.63) is 48.6 Å². The lowest BCUT2D eigenvalue weighted by atomic mass is 10.2. The lowest BCUT2D eigenvalue weighted by molar-refractivity contribution is -0.118. The Morgan fingerprint density at radius 1 is 1.33 bits per heavy atom. The van der Waals surface area contributed by atoms with Crippen LogP contribution in [0.3, 0.4) is 0 Å². The molecule has 0 fully saturated rings. The van der Waals surface area contributed by atoms with Gasteiger partial charge in [-0.05, 0) is 30.7 Å². The number of carbonyl (C=O) groups excluding carboxylic acids is 1. The molecule has 3 rings (SSSR count). The van der Waals surface area contributed by atoms with Gasteiger partial charge in [-0.2, -0.15) is 5.10 Å². The molecule has 1 amide bonds. The smallest absolute Gasteiger partial charge is 0.251 e. The van der Waals surface area contributed by atoms with Crippen molar-refractivity contribution < 1.29 is 9.21 Å². The van der Waals surface area contributed by atoms with Crippen LogP contribution in [0.1, 0.15) is 12.1 Å². The number of rotatable bonds is 5. The van der Waals surface area contributed by atoms with Crippen LogP contribution in [0.25, 0.3) is 17.4 Å². The number of nitrogens with zero attached hydrogens (tertiary/aromatic N) is 4. The van der Waals surface area contributed by atoms with Crippen LogP contribution >= 0.6 is 0 Å². The van der Waals surface area contributed by atoms with Crippen LogP contribution in [0.15, 0.2) is 47.3 Å². The summed E-state index contributed by atoms with van der Waals surface area (Å²) in [6.45, 7) is 0. The quantitative estimate of drug-likeness (QED) is 0.761. The van der Waals surface area contributed by atoms with Crippen LogP contribution in [-0.4, -0.2) is 25.7 Å². The summed E-state index contributed by atoms with van der Waals surface area (Å²) in [6.07, 6.45) is 5.65. The number of furan rings is 1. The Labute approximate surface area is 120 Å². The maximum absolute atomic E-state index is 10.9. The highest BCUT2D eigenvalue weighted by atomic mass is 16.3. The lowest BCUT2D eigenvalue weighted by Gasteiger charge is -2.06. The largest absolute Gasteiger partial charge is 0.463 e. The zero-order valence-electron chi connectivity index (χ0n) is 11.1. The molecule has 0 saturated carbocycles. The predicted octanol–water partition coefficient (Wildman–Crippen LogP) is 1.34. The summed E-state index contributed by atoms with van der Waals surface area (Å²) in [4.78, 5) is 19.8. The zero-order chi connectivity index (χ0) is 14.7. The van der Waals surface area contributed by atoms with E-state index in [-0.39, 0.29) is 12.3 Å². The van der Waals surface area contributed by atoms with Gasteiger partial charge in [0.15, 0.2) is 5.76 Å². The molecular formula is C14H13N5O2. The molecule has 3 aromatic heterocycles. The van der Waals surface area contributed by atoms with E-state index in [0.717, 1.165) is 0 Å². The Balaban J connectivity index is 2.02. The summed E-state index contributed by atoms with van der Waals surface area (Å²) in [5.74, 6) is 0.688. The fraction of sp³-hybridized carbons (Fsp3) is 0.143. The molecule has 0 radical (unpaired) electrons. The van der Waals surface area contributed by atoms with Crippen LogP contribution in [-0.2, 0) is 11.2 Å². The average molecular weight is 283 g/mol. The molecule has 0 aliphatic heterocycles. The molecule has 2 N–H and O–H groups in total. The number of amides is 1. The molecular weight excluding hydrogens is 270 g/mol. The number of nitrogens with two attached hydrogens (primary N) is 1. The summed E-state index contributed by atoms with van der Waals surface area (Å²) in [5.41, 5.74) is 6.54. The monoisotopic (exact) mass is 283 g/mol. The Kier molecular flexibility index (Phi) is 3.46. The van der Waals surface area contributed by atoms with E-state index in [9.17, 15) is 4.79 Å². The standard InChI is InChI=1S/C14H13N5O2/c15-13(20)5-4-10-9-11(12-3-1-8-21-12)18-14(17-10)19-7-2-6-16-19/h1-3,6-9H,4-5H2,(H2,15,20). The van der Waals surface area contributed by atoms with Gasteiger partial charge in [0.25, 0.3) is 5.95 Å². The van der Waals surface area contributed by atoms with Crippen LogP contribution in [0.2, 0.25) is 0 Å². The minimum absolute atomic E-state index is 0.229. The third-order valence-corrected chi connectivity index (χ3v) is 2.88. The third-order valence-electron chi connectivity index (χ3n) is 2.88. The van der Waals surface area contributed by atoms with Gasteiger partial charge < -0.3 is 10.2 Å². The van der Waals surface area contributed by atoms with Crippen molar-refractivity contribution in [2.75, 3.05) is 0 Å². The van der Waals surface area contributed by atoms with Crippen LogP contribution in [0.4, 0.5) is 0 Å². The van der Waals surface area contributed by atoms with Crippen molar-refractivity contribution >= 4 is 5.91 Å². The molecule has 0 aliphatic rings. The minimum Gasteiger partial charge on any atom is -0.463 e. The molecule has 21 heavy (non-hydrogen) atoms. The van der Waals surface area contributed by atoms with E-state index in [0.29, 0.717) is 29.5 Å². The van der Waals surface area contributed by atoms with Gasteiger partial charge >= 0.3 is 0 Å². The van der Waals surface area contributed by atoms with Crippen molar-refractivity contribution in [2.24, 2.45) is 5.73 Å². The number of hydrogen-bond donors (Lipinski definition) is 1. The van der Waals surface area contributed by atoms with Gasteiger partial charge in [-0.25, -0.2) is 14.6 Å². The number of aromatic nitrogens is 4. The second-order valence-corrected chi connectivity index (χ2v) is 4.44. The SMILES string of the molecule is NC(=O)CCc1cc(-c2ccco2)nc(-n2cccn2)n1. The highest BCUT2D eigenvalue weighted by molar-refractivity contribution is 5.74. The normalized spacial score (nSPS) is 10.7. The van der Waals surface area contributed by atoms with Gasteiger partial charge in [0.2, 0.25) is 5.91 Å². The van der Waals surface area contributed by atoms with E-state index >= 15 is 0 Å². The molecule has 3 aromatic rings. The van der Waals surface area contributed by atoms with Gasteiger partial charge in [0, 0.05) is 24.5 Å². The summed E-state index contributed by atoms with van der Waals surface area (Å²) >= 11 is 0. The van der Waals surface area contributed by atoms with Crippen molar-refractivity contribution in [2.45, 2.75) is 12.8 Å². The van der Waals surface area contributed by atoms with Gasteiger partial charge in [0.1, 0.15) is 5.69 Å². The van der Waals surface area contributed by atoms with Crippen LogP contribution < -0.4 is 5.73 Å². The summed E-state index contributed by atoms with van der Waals surface area (Å²) in [7, 11) is 0. The molecule has 7 heteroatoms. The second-order valence-electron chi connectivity index (χ2n) is 4.44. The number of carbonyl (C=O) groups is 1. The van der Waals surface area contributed by atoms with Crippen LogP contribution in [0.5, 0.6) is 0 Å². The summed E-state index contributed by atoms with van der Waals surface area (Å²) in [6, 6.07) is 7.17. The fourth-order valence-corrected chi connectivity index (χ4v) is 1.90. The number of hydrogen-bond acceptors (Lipinski definition) is 5. The highest BCUT2D eigenvalue weighted by Gasteiger charge is 2.11. The van der Waals surface area contributed by atoms with Crippen molar-refractivity contribution in [1.29, 1.82) is 0 Å². The van der Waals surface area contributed by atoms with E-state index in [1.54, 1.807) is 41.5 Å². The Hall–Kier alpha value is -2.96. The van der Waals surface area contributed by atoms with Gasteiger partial charge in [-0.15, -0.1) is 0 Å². The minimum atomic E-state index is -0.367. The molecule has 0 aliphatic carbocycles. The maximum Gasteiger partial charge on any atom is 0.251 e. The van der Waals surface area contributed by atoms with E-state index in [4.69, 9.17) is 10.2 Å². The van der Waals surface area contributed by atoms with Crippen molar-refractivity contribution in [1.82, 2.24) is 19.7 Å². The average Bonchev–Trinajstić information content (AvgIpc) is 3.17. The van der Waals surface area contributed by atoms with Gasteiger partial charge in [-0.3, -0.25) is 4.79 Å². The molecule has 3 heterocycles. The maximum atomic E-state index is 10.9. The molecule has 0 saturated heterocycles. The third kappa shape index (κ3) is 2.97. The topological polar surface area (TPSA) is 99.8 Å². The summed E-state index contributed by atoms with van der Waals surface area (Å²) in [5, 5.41) is 4.11. The predicted molar refractivity (Wildman–Crippen MR) is 74.4 cm³/mol. The molecule has 0 unspecified atom stereocenters. The molecule has 7 nitrogen and oxygen atoms in total. The molecule has 0 aromatic carbocycles. The van der Waals surface area contributed by atoms with E-state index in [1.165, 1.54) is 0 Å². The first-order valence-electron chi connectivity index (χ1n) is 6.42. The zero-order valence-corrected chi connectivity index (χ0v) is 11.1. The fourth-order valence-electron chi connectivity index (χ4n) is 1.90. The first-order chi connectivity index (χ1) is 10.2. The molecule has 0 spiro atoms. The Morgan fingerprint density at radius 3 is 2.90 bits per heavy atom. The number of aryl methyl sites for hydroxylation is 1. The van der Waals surface area contributed by atoms with Crippen molar-refractivity contribution in [3.63, 3.8) is 0 Å². The molecule has 106 valence electrons. The van der Waals surface area contributed by atoms with E-state index in [2.05, 4.69) is 15.1 Å². The number of primary amides is 1. The van der Waals surface area contributed by atoms with Crippen molar-refractivity contribution in [3.8, 4) is 17.4 Å². The molecule has 0 atom stereocenters. The van der Waals surface area contributed by atoms with E-state index < -0.39 is 0 Å². The highest BCUT2D eigenvalue weighted by Crippen LogP contribution is 2.19. The second kappa shape index (κ2) is 5.58. The Morgan fingerprint density at radius 2 is 2.24 bits per heavy atom. The molecule has 0 bridgehead atoms. The lowest BCUT2D eigenvalue weighted by Crippen LogP contribution is -2.12. The van der Waals surface area contributed by atoms with Gasteiger partial charge in [-0.1, -0.05) is 0 Å². The Bertz CT molecular complexity index is 682. The summed E-state index contributed by atoms with van der Waals surface area (Å²) < 4.78 is 6.92. The van der Waals surface area contributed by atoms with Crippen LogP contribution in [0, 0.1) is 0 Å².